The Morgan fingerprint density at radius 2 is 1.96 bits per heavy atom. The van der Waals surface area contributed by atoms with Crippen molar-refractivity contribution in [3.8, 4) is 0 Å². The van der Waals surface area contributed by atoms with E-state index in [2.05, 4.69) is 41.4 Å². The molecule has 130 valence electrons. The van der Waals surface area contributed by atoms with Crippen LogP contribution in [-0.4, -0.2) is 41.0 Å². The van der Waals surface area contributed by atoms with E-state index in [0.717, 1.165) is 25.9 Å². The predicted octanol–water partition coefficient (Wildman–Crippen LogP) is 2.05. The average Bonchev–Trinajstić information content (AvgIpc) is 2.53. The molecule has 1 amide bonds. The van der Waals surface area contributed by atoms with Crippen molar-refractivity contribution < 1.29 is 14.7 Å². The highest BCUT2D eigenvalue weighted by Gasteiger charge is 2.41. The summed E-state index contributed by atoms with van der Waals surface area (Å²) in [4.78, 5) is 25.7. The van der Waals surface area contributed by atoms with Crippen LogP contribution >= 0.6 is 0 Å². The van der Waals surface area contributed by atoms with Crippen LogP contribution in [0.3, 0.4) is 0 Å². The number of nitrogens with zero attached hydrogens (tertiary/aromatic N) is 1. The van der Waals surface area contributed by atoms with Crippen molar-refractivity contribution in [3.05, 3.63) is 35.4 Å². The van der Waals surface area contributed by atoms with Crippen LogP contribution in [0, 0.1) is 11.8 Å². The van der Waals surface area contributed by atoms with Gasteiger partial charge >= 0.3 is 5.97 Å². The SMILES string of the molecule is CCC(CNC(=O)C1CCC1C(=O)O)N1CCc2ccccc2C1. The van der Waals surface area contributed by atoms with Crippen molar-refractivity contribution >= 4 is 11.9 Å². The van der Waals surface area contributed by atoms with Crippen LogP contribution in [0.15, 0.2) is 24.3 Å². The van der Waals surface area contributed by atoms with Crippen molar-refractivity contribution in [1.82, 2.24) is 10.2 Å². The fourth-order valence-electron chi connectivity index (χ4n) is 3.82. The van der Waals surface area contributed by atoms with Gasteiger partial charge in [0.15, 0.2) is 0 Å². The summed E-state index contributed by atoms with van der Waals surface area (Å²) in [5, 5.41) is 12.1. The zero-order valence-electron chi connectivity index (χ0n) is 14.2. The molecule has 0 aromatic heterocycles. The van der Waals surface area contributed by atoms with Gasteiger partial charge in [0.1, 0.15) is 0 Å². The molecule has 3 rings (SSSR count). The standard InChI is InChI=1S/C19H26N2O3/c1-2-15(11-20-18(22)16-7-8-17(16)19(23)24)21-10-9-13-5-3-4-6-14(13)12-21/h3-6,15-17H,2,7-12H2,1H3,(H,20,22)(H,23,24). The normalized spacial score (nSPS) is 24.5. The van der Waals surface area contributed by atoms with Gasteiger partial charge in [-0.1, -0.05) is 31.2 Å². The number of hydrogen-bond donors (Lipinski definition) is 2. The Morgan fingerprint density at radius 1 is 1.25 bits per heavy atom. The minimum absolute atomic E-state index is 0.0930. The van der Waals surface area contributed by atoms with Crippen LogP contribution in [0.2, 0.25) is 0 Å². The molecule has 5 nitrogen and oxygen atoms in total. The fourth-order valence-corrected chi connectivity index (χ4v) is 3.82. The van der Waals surface area contributed by atoms with E-state index in [1.54, 1.807) is 0 Å². The van der Waals surface area contributed by atoms with E-state index in [1.807, 2.05) is 0 Å². The summed E-state index contributed by atoms with van der Waals surface area (Å²) in [6.45, 7) is 4.67. The number of carbonyl (C=O) groups is 2. The van der Waals surface area contributed by atoms with E-state index in [-0.39, 0.29) is 11.8 Å². The Bertz CT molecular complexity index is 616. The smallest absolute Gasteiger partial charge is 0.307 e. The van der Waals surface area contributed by atoms with Gasteiger partial charge in [-0.25, -0.2) is 0 Å². The monoisotopic (exact) mass is 330 g/mol. The second-order valence-electron chi connectivity index (χ2n) is 6.92. The maximum atomic E-state index is 12.2. The number of nitrogens with one attached hydrogen (secondary N) is 1. The van der Waals surface area contributed by atoms with Gasteiger partial charge in [0.25, 0.3) is 0 Å². The van der Waals surface area contributed by atoms with Crippen LogP contribution in [0.5, 0.6) is 0 Å². The Kier molecular flexibility index (Phi) is 5.19. The van der Waals surface area contributed by atoms with E-state index in [9.17, 15) is 9.59 Å². The van der Waals surface area contributed by atoms with Gasteiger partial charge in [0.2, 0.25) is 5.91 Å². The van der Waals surface area contributed by atoms with Crippen molar-refractivity contribution in [1.29, 1.82) is 0 Å². The molecule has 1 saturated carbocycles. The Hall–Kier alpha value is -1.88. The highest BCUT2D eigenvalue weighted by Crippen LogP contribution is 2.34. The third-order valence-electron chi connectivity index (χ3n) is 5.59. The molecular formula is C19H26N2O3. The molecule has 1 aliphatic heterocycles. The Labute approximate surface area is 143 Å². The molecule has 2 aliphatic rings. The number of aliphatic carboxylic acids is 1. The van der Waals surface area contributed by atoms with Gasteiger partial charge in [-0.3, -0.25) is 14.5 Å². The number of carboxylic acids is 1. The zero-order chi connectivity index (χ0) is 17.1. The van der Waals surface area contributed by atoms with Gasteiger partial charge in [0, 0.05) is 25.7 Å². The highest BCUT2D eigenvalue weighted by molar-refractivity contribution is 5.86. The molecule has 1 aromatic rings. The molecule has 1 aromatic carbocycles. The summed E-state index contributed by atoms with van der Waals surface area (Å²) >= 11 is 0. The van der Waals surface area contributed by atoms with Crippen LogP contribution in [0.4, 0.5) is 0 Å². The number of hydrogen-bond acceptors (Lipinski definition) is 3. The first-order valence-corrected chi connectivity index (χ1v) is 8.91. The average molecular weight is 330 g/mol. The second kappa shape index (κ2) is 7.34. The van der Waals surface area contributed by atoms with Crippen molar-refractivity contribution in [3.63, 3.8) is 0 Å². The maximum absolute atomic E-state index is 12.2. The van der Waals surface area contributed by atoms with Gasteiger partial charge in [-0.15, -0.1) is 0 Å². The van der Waals surface area contributed by atoms with Gasteiger partial charge in [-0.2, -0.15) is 0 Å². The summed E-state index contributed by atoms with van der Waals surface area (Å²) < 4.78 is 0. The summed E-state index contributed by atoms with van der Waals surface area (Å²) in [5.74, 6) is -1.78. The molecule has 1 heterocycles. The number of carbonyl (C=O) groups excluding carboxylic acids is 1. The van der Waals surface area contributed by atoms with Crippen LogP contribution in [0.1, 0.15) is 37.3 Å². The second-order valence-corrected chi connectivity index (χ2v) is 6.92. The maximum Gasteiger partial charge on any atom is 0.307 e. The summed E-state index contributed by atoms with van der Waals surface area (Å²) in [7, 11) is 0. The lowest BCUT2D eigenvalue weighted by Crippen LogP contribution is -2.49. The molecule has 1 fully saturated rings. The number of benzene rings is 1. The van der Waals surface area contributed by atoms with E-state index in [0.29, 0.717) is 25.4 Å². The lowest BCUT2D eigenvalue weighted by atomic mass is 9.73. The topological polar surface area (TPSA) is 69.6 Å². The molecule has 0 radical (unpaired) electrons. The summed E-state index contributed by atoms with van der Waals surface area (Å²) in [6, 6.07) is 8.83. The first kappa shape index (κ1) is 17.0. The quantitative estimate of drug-likeness (QED) is 0.837. The molecule has 2 N–H and O–H groups in total. The van der Waals surface area contributed by atoms with Crippen molar-refractivity contribution in [2.24, 2.45) is 11.8 Å². The van der Waals surface area contributed by atoms with E-state index >= 15 is 0 Å². The zero-order valence-corrected chi connectivity index (χ0v) is 14.2. The van der Waals surface area contributed by atoms with E-state index in [4.69, 9.17) is 5.11 Å². The largest absolute Gasteiger partial charge is 0.481 e. The summed E-state index contributed by atoms with van der Waals surface area (Å²) in [6.07, 6.45) is 3.32. The first-order valence-electron chi connectivity index (χ1n) is 8.91. The molecule has 1 aliphatic carbocycles. The predicted molar refractivity (Wildman–Crippen MR) is 91.5 cm³/mol. The molecule has 0 saturated heterocycles. The minimum Gasteiger partial charge on any atom is -0.481 e. The summed E-state index contributed by atoms with van der Waals surface area (Å²) in [5.41, 5.74) is 2.80. The van der Waals surface area contributed by atoms with Crippen LogP contribution in [0.25, 0.3) is 0 Å². The Morgan fingerprint density at radius 3 is 2.58 bits per heavy atom. The highest BCUT2D eigenvalue weighted by atomic mass is 16.4. The minimum atomic E-state index is -0.846. The van der Waals surface area contributed by atoms with Crippen LogP contribution < -0.4 is 5.32 Å². The number of amides is 1. The fraction of sp³-hybridized carbons (Fsp3) is 0.579. The molecule has 3 unspecified atom stereocenters. The van der Waals surface area contributed by atoms with Gasteiger partial charge in [0.05, 0.1) is 11.8 Å². The molecule has 0 bridgehead atoms. The molecule has 0 spiro atoms. The first-order chi connectivity index (χ1) is 11.6. The number of fused-ring (bicyclic) bond motifs is 1. The van der Waals surface area contributed by atoms with Crippen molar-refractivity contribution in [2.75, 3.05) is 13.1 Å². The number of rotatable bonds is 6. The lowest BCUT2D eigenvalue weighted by Gasteiger charge is -2.36. The van der Waals surface area contributed by atoms with Crippen molar-refractivity contribution in [2.45, 2.75) is 45.2 Å². The third-order valence-corrected chi connectivity index (χ3v) is 5.59. The molecular weight excluding hydrogens is 304 g/mol. The number of carboxylic acid groups (broad SMARTS) is 1. The van der Waals surface area contributed by atoms with Gasteiger partial charge < -0.3 is 10.4 Å². The van der Waals surface area contributed by atoms with E-state index < -0.39 is 11.9 Å². The molecule has 5 heteroatoms. The lowest BCUT2D eigenvalue weighted by molar-refractivity contribution is -0.152. The molecule has 3 atom stereocenters. The third kappa shape index (κ3) is 3.46. The van der Waals surface area contributed by atoms with Gasteiger partial charge in [-0.05, 0) is 36.8 Å². The molecule has 24 heavy (non-hydrogen) atoms. The van der Waals surface area contributed by atoms with Crippen LogP contribution in [-0.2, 0) is 22.6 Å². The Balaban J connectivity index is 1.54. The van der Waals surface area contributed by atoms with E-state index in [1.165, 1.54) is 11.1 Å².